The van der Waals surface area contributed by atoms with Gasteiger partial charge in [0.05, 0.1) is 18.3 Å². The molecule has 0 aliphatic rings. The second-order valence-corrected chi connectivity index (χ2v) is 4.51. The van der Waals surface area contributed by atoms with Crippen molar-refractivity contribution in [3.8, 4) is 5.75 Å². The minimum Gasteiger partial charge on any atom is -0.495 e. The van der Waals surface area contributed by atoms with E-state index in [4.69, 9.17) is 16.3 Å². The zero-order chi connectivity index (χ0) is 15.2. The summed E-state index contributed by atoms with van der Waals surface area (Å²) < 4.78 is 18.0. The number of halogens is 2. The zero-order valence-electron chi connectivity index (χ0n) is 11.1. The Bertz CT molecular complexity index is 689. The van der Waals surface area contributed by atoms with E-state index < -0.39 is 11.7 Å². The Hall–Kier alpha value is -2.40. The molecule has 2 aromatic rings. The van der Waals surface area contributed by atoms with E-state index in [2.05, 4.69) is 10.5 Å². The van der Waals surface area contributed by atoms with Gasteiger partial charge in [-0.05, 0) is 42.0 Å². The van der Waals surface area contributed by atoms with Crippen LogP contribution in [0, 0.1) is 5.82 Å². The van der Waals surface area contributed by atoms with Crippen LogP contribution in [0.1, 0.15) is 15.9 Å². The highest BCUT2D eigenvalue weighted by Gasteiger charge is 2.04. The summed E-state index contributed by atoms with van der Waals surface area (Å²) in [5.41, 5.74) is 3.20. The van der Waals surface area contributed by atoms with Crippen LogP contribution in [0.15, 0.2) is 47.6 Å². The van der Waals surface area contributed by atoms with Crippen LogP contribution in [0.5, 0.6) is 5.75 Å². The molecule has 0 heterocycles. The second kappa shape index (κ2) is 6.85. The van der Waals surface area contributed by atoms with E-state index >= 15 is 0 Å². The van der Waals surface area contributed by atoms with E-state index in [1.54, 1.807) is 18.2 Å². The van der Waals surface area contributed by atoms with Crippen molar-refractivity contribution < 1.29 is 13.9 Å². The fraction of sp³-hybridized carbons (Fsp3) is 0.0667. The number of ether oxygens (including phenoxy) is 1. The molecule has 1 N–H and O–H groups in total. The molecule has 6 heteroatoms. The number of rotatable bonds is 4. The molecule has 0 fully saturated rings. The van der Waals surface area contributed by atoms with E-state index in [1.165, 1.54) is 31.5 Å². The van der Waals surface area contributed by atoms with Gasteiger partial charge < -0.3 is 4.74 Å². The molecule has 0 aliphatic carbocycles. The monoisotopic (exact) mass is 306 g/mol. The Balaban J connectivity index is 2.02. The number of methoxy groups -OCH3 is 1. The molecule has 0 spiro atoms. The normalized spacial score (nSPS) is 10.6. The molecule has 2 rings (SSSR count). The number of nitrogens with one attached hydrogen (secondary N) is 1. The van der Waals surface area contributed by atoms with Crippen molar-refractivity contribution in [3.63, 3.8) is 0 Å². The summed E-state index contributed by atoms with van der Waals surface area (Å²) in [6, 6.07) is 10.4. The molecule has 4 nitrogen and oxygen atoms in total. The molecule has 2 aromatic carbocycles. The molecule has 0 atom stereocenters. The lowest BCUT2D eigenvalue weighted by Crippen LogP contribution is -2.17. The smallest absolute Gasteiger partial charge is 0.271 e. The van der Waals surface area contributed by atoms with Crippen LogP contribution in [0.2, 0.25) is 5.02 Å². The highest BCUT2D eigenvalue weighted by molar-refractivity contribution is 6.32. The molecule has 0 unspecified atom stereocenters. The van der Waals surface area contributed by atoms with Crippen LogP contribution in [0.4, 0.5) is 4.39 Å². The number of amides is 1. The van der Waals surface area contributed by atoms with Gasteiger partial charge in [-0.15, -0.1) is 0 Å². The lowest BCUT2D eigenvalue weighted by atomic mass is 10.2. The molecule has 0 saturated carbocycles. The minimum atomic E-state index is -0.495. The van der Waals surface area contributed by atoms with Gasteiger partial charge in [-0.25, -0.2) is 9.82 Å². The molecular weight excluding hydrogens is 295 g/mol. The van der Waals surface area contributed by atoms with Gasteiger partial charge in [0.25, 0.3) is 5.91 Å². The Labute approximate surface area is 126 Å². The minimum absolute atomic E-state index is 0.194. The number of nitrogens with zero attached hydrogens (tertiary/aromatic N) is 1. The lowest BCUT2D eigenvalue weighted by molar-refractivity contribution is 0.0954. The summed E-state index contributed by atoms with van der Waals surface area (Å²) in [4.78, 5) is 11.7. The molecule has 0 aliphatic heterocycles. The van der Waals surface area contributed by atoms with E-state index in [0.29, 0.717) is 16.3 Å². The number of carbonyl (C=O) groups is 1. The van der Waals surface area contributed by atoms with E-state index in [-0.39, 0.29) is 5.56 Å². The summed E-state index contributed by atoms with van der Waals surface area (Å²) in [5, 5.41) is 4.24. The molecular formula is C15H12ClFN2O2. The molecule has 0 aromatic heterocycles. The molecule has 0 saturated heterocycles. The van der Waals surface area contributed by atoms with Crippen LogP contribution < -0.4 is 10.2 Å². The average Bonchev–Trinajstić information content (AvgIpc) is 2.47. The number of hydrazone groups is 1. The molecule has 108 valence electrons. The van der Waals surface area contributed by atoms with Gasteiger partial charge in [-0.3, -0.25) is 4.79 Å². The first-order chi connectivity index (χ1) is 10.1. The van der Waals surface area contributed by atoms with Gasteiger partial charge in [0.15, 0.2) is 0 Å². The van der Waals surface area contributed by atoms with Crippen molar-refractivity contribution in [2.45, 2.75) is 0 Å². The first-order valence-corrected chi connectivity index (χ1v) is 6.40. The fourth-order valence-electron chi connectivity index (χ4n) is 1.62. The quantitative estimate of drug-likeness (QED) is 0.696. The van der Waals surface area contributed by atoms with Crippen molar-refractivity contribution in [1.29, 1.82) is 0 Å². The van der Waals surface area contributed by atoms with Gasteiger partial charge in [0.2, 0.25) is 0 Å². The number of carbonyl (C=O) groups excluding carboxylic acids is 1. The van der Waals surface area contributed by atoms with Crippen LogP contribution in [-0.4, -0.2) is 19.2 Å². The Morgan fingerprint density at radius 2 is 2.14 bits per heavy atom. The lowest BCUT2D eigenvalue weighted by Gasteiger charge is -2.03. The molecule has 21 heavy (non-hydrogen) atoms. The first kappa shape index (κ1) is 15.0. The van der Waals surface area contributed by atoms with E-state index in [9.17, 15) is 9.18 Å². The van der Waals surface area contributed by atoms with Crippen LogP contribution in [0.25, 0.3) is 0 Å². The average molecular weight is 307 g/mol. The third-order valence-corrected chi connectivity index (χ3v) is 2.94. The molecule has 0 radical (unpaired) electrons. The Kier molecular flexibility index (Phi) is 4.90. The highest BCUT2D eigenvalue weighted by Crippen LogP contribution is 2.24. The number of hydrogen-bond acceptors (Lipinski definition) is 3. The van der Waals surface area contributed by atoms with Crippen LogP contribution in [0.3, 0.4) is 0 Å². The van der Waals surface area contributed by atoms with Gasteiger partial charge >= 0.3 is 0 Å². The first-order valence-electron chi connectivity index (χ1n) is 6.02. The second-order valence-electron chi connectivity index (χ2n) is 4.10. The summed E-state index contributed by atoms with van der Waals surface area (Å²) in [6.45, 7) is 0. The summed E-state index contributed by atoms with van der Waals surface area (Å²) in [7, 11) is 1.52. The fourth-order valence-corrected chi connectivity index (χ4v) is 1.89. The molecule has 0 bridgehead atoms. The van der Waals surface area contributed by atoms with Crippen molar-refractivity contribution in [2.75, 3.05) is 7.11 Å². The van der Waals surface area contributed by atoms with Crippen molar-refractivity contribution >= 4 is 23.7 Å². The summed E-state index contributed by atoms with van der Waals surface area (Å²) in [6.07, 6.45) is 1.43. The zero-order valence-corrected chi connectivity index (χ0v) is 11.9. The predicted molar refractivity (Wildman–Crippen MR) is 79.5 cm³/mol. The topological polar surface area (TPSA) is 50.7 Å². The van der Waals surface area contributed by atoms with Gasteiger partial charge in [-0.2, -0.15) is 5.10 Å². The molecule has 1 amide bonds. The van der Waals surface area contributed by atoms with Crippen molar-refractivity contribution in [2.24, 2.45) is 5.10 Å². The van der Waals surface area contributed by atoms with Crippen molar-refractivity contribution in [1.82, 2.24) is 5.43 Å². The van der Waals surface area contributed by atoms with Gasteiger partial charge in [0, 0.05) is 5.56 Å². The third kappa shape index (κ3) is 4.03. The predicted octanol–water partition coefficient (Wildman–Crippen LogP) is 3.25. The number of benzene rings is 2. The van der Waals surface area contributed by atoms with E-state index in [1.807, 2.05) is 0 Å². The third-order valence-electron chi connectivity index (χ3n) is 2.64. The van der Waals surface area contributed by atoms with Gasteiger partial charge in [-0.1, -0.05) is 17.7 Å². The summed E-state index contributed by atoms with van der Waals surface area (Å²) in [5.74, 6) is -0.420. The number of hydrogen-bond donors (Lipinski definition) is 1. The maximum Gasteiger partial charge on any atom is 0.271 e. The Morgan fingerprint density at radius 1 is 1.33 bits per heavy atom. The van der Waals surface area contributed by atoms with Crippen LogP contribution >= 0.6 is 11.6 Å². The van der Waals surface area contributed by atoms with Crippen molar-refractivity contribution in [3.05, 3.63) is 64.4 Å². The largest absolute Gasteiger partial charge is 0.495 e. The van der Waals surface area contributed by atoms with Crippen LogP contribution in [-0.2, 0) is 0 Å². The maximum atomic E-state index is 13.0. The Morgan fingerprint density at radius 3 is 2.81 bits per heavy atom. The highest BCUT2D eigenvalue weighted by atomic mass is 35.5. The maximum absolute atomic E-state index is 13.0. The SMILES string of the molecule is COc1ccc(/C=N/NC(=O)c2cccc(F)c2)cc1Cl. The van der Waals surface area contributed by atoms with E-state index in [0.717, 1.165) is 6.07 Å². The van der Waals surface area contributed by atoms with Gasteiger partial charge in [0.1, 0.15) is 11.6 Å². The standard InChI is InChI=1S/C15H12ClFN2O2/c1-21-14-6-5-10(7-13(14)16)9-18-19-15(20)11-3-2-4-12(17)8-11/h2-9H,1H3,(H,19,20)/b18-9+. The summed E-state index contributed by atoms with van der Waals surface area (Å²) >= 11 is 5.97.